The second kappa shape index (κ2) is 55.3. The zero-order chi connectivity index (χ0) is 90.9. The van der Waals surface area contributed by atoms with Crippen LogP contribution in [0.1, 0.15) is 149 Å². The van der Waals surface area contributed by atoms with Crippen molar-refractivity contribution in [1.29, 1.82) is 0 Å². The molecular weight excluding hydrogens is 1590 g/mol. The van der Waals surface area contributed by atoms with E-state index in [1.54, 1.807) is 61.2 Å². The quantitative estimate of drug-likeness (QED) is 0.0508. The van der Waals surface area contributed by atoms with Gasteiger partial charge in [-0.3, -0.25) is 73.8 Å². The number of hydrogen-bond acceptors (Lipinski definition) is 27. The highest BCUT2D eigenvalue weighted by Gasteiger charge is 2.34. The molecule has 7 aliphatic heterocycles. The van der Waals surface area contributed by atoms with Gasteiger partial charge in [0.1, 0.15) is 17.3 Å². The van der Waals surface area contributed by atoms with Gasteiger partial charge in [0.25, 0.3) is 0 Å². The molecule has 28 heteroatoms. The first-order valence-corrected chi connectivity index (χ1v) is 46.4. The van der Waals surface area contributed by atoms with Gasteiger partial charge in [-0.15, -0.1) is 0 Å². The molecule has 1 N–H and O–H groups in total. The first-order valence-electron chi connectivity index (χ1n) is 46.4. The molecule has 7 fully saturated rings. The average Bonchev–Trinajstić information content (AvgIpc) is 0.836. The summed E-state index contributed by atoms with van der Waals surface area (Å²) in [6.45, 7) is 65.9. The van der Waals surface area contributed by atoms with E-state index in [1.807, 2.05) is 79.3 Å². The van der Waals surface area contributed by atoms with E-state index in [-0.39, 0.29) is 5.82 Å². The summed E-state index contributed by atoms with van der Waals surface area (Å²) in [5, 5.41) is 10.6. The molecule has 14 heterocycles. The normalized spacial score (nSPS) is 18.5. The van der Waals surface area contributed by atoms with Crippen LogP contribution in [0.15, 0.2) is 128 Å². The third-order valence-corrected chi connectivity index (χ3v) is 25.1. The van der Waals surface area contributed by atoms with Crippen LogP contribution in [0.2, 0.25) is 0 Å². The maximum Gasteiger partial charge on any atom is 0.217 e. The van der Waals surface area contributed by atoms with Crippen LogP contribution < -0.4 is 28.4 Å². The van der Waals surface area contributed by atoms with Crippen LogP contribution in [0, 0.1) is 5.82 Å². The Kier molecular flexibility index (Phi) is 45.5. The van der Waals surface area contributed by atoms with Crippen LogP contribution in [0.25, 0.3) is 0 Å². The summed E-state index contributed by atoms with van der Waals surface area (Å²) in [4.78, 5) is 61.9. The summed E-state index contributed by atoms with van der Waals surface area (Å²) in [5.74, 6) is 4.07. The molecule has 0 amide bonds. The predicted molar refractivity (Wildman–Crippen MR) is 505 cm³/mol. The van der Waals surface area contributed by atoms with Crippen LogP contribution in [0.4, 0.5) is 4.39 Å². The van der Waals surface area contributed by atoms with Crippen LogP contribution in [-0.2, 0) is 45.7 Å². The Morgan fingerprint density at radius 2 is 0.754 bits per heavy atom. The van der Waals surface area contributed by atoms with Gasteiger partial charge in [-0.05, 0) is 175 Å². The fraction of sp³-hybridized carbons (Fsp3) is 0.643. The van der Waals surface area contributed by atoms with Crippen molar-refractivity contribution < 1.29 is 37.9 Å². The van der Waals surface area contributed by atoms with E-state index < -0.39 is 5.60 Å². The highest BCUT2D eigenvalue weighted by molar-refractivity contribution is 5.29. The number of aliphatic hydroxyl groups is 1. The Bertz CT molecular complexity index is 3900. The lowest BCUT2D eigenvalue weighted by Crippen LogP contribution is -2.48. The van der Waals surface area contributed by atoms with E-state index in [1.165, 1.54) is 55.1 Å². The number of rotatable bonds is 27. The lowest BCUT2D eigenvalue weighted by atomic mass is 9.86. The van der Waals surface area contributed by atoms with Crippen molar-refractivity contribution in [3.05, 3.63) is 173 Å². The van der Waals surface area contributed by atoms with Crippen molar-refractivity contribution in [2.45, 2.75) is 203 Å². The number of methoxy groups -OCH3 is 6. The molecular formula is C98H159FN20O7. The molecule has 7 aromatic heterocycles. The predicted octanol–water partition coefficient (Wildman–Crippen LogP) is 11.7. The second-order valence-corrected chi connectivity index (χ2v) is 36.0. The van der Waals surface area contributed by atoms with E-state index in [9.17, 15) is 9.50 Å². The standard InChI is InChI=1S/C14H22FN3O.5C14H23N3O.C14H22N2O/c1-11(2)18-6-4-17(5-7-18)10-12-8-13(15)9-16-14(12)19-3;1-12(2)17-8-6-16(7-9-17)11-13-4-5-14(18-3)10-15-13;1-12(2)17-8-6-16(7-9-17)11-13-4-5-15-14(10-13)18-3;1-12(2)17-8-6-16(7-9-17)11-13-4-5-14(18-3)15-10-13;1-12(2)17-9-7-16(8-10-17)11-13-14(18-3)5-4-6-15-13;1-12(2)17-9-7-16(8-10-17)11-13-5-4-6-15-14(13)18-3;1-12(2)16-9-6-14(17,7-10-16)11-13-5-3-4-8-15-13/h8-9,11H,4-7,10H2,1-3H3;3*4-5,10,12H,6-9,11H2,1-3H3;2*4-6,12H,7-11H2,1-3H3;3-5,8,12,17H,6-7,9-11H2,1-2H3. The molecule has 0 spiro atoms. The molecule has 7 saturated heterocycles. The van der Waals surface area contributed by atoms with Gasteiger partial charge in [0.15, 0.2) is 0 Å². The summed E-state index contributed by atoms with van der Waals surface area (Å²) in [6.07, 6.45) is 14.5. The third-order valence-electron chi connectivity index (χ3n) is 25.1. The lowest BCUT2D eigenvalue weighted by molar-refractivity contribution is -0.0277. The Labute approximate surface area is 757 Å². The summed E-state index contributed by atoms with van der Waals surface area (Å²) in [5.41, 5.74) is 7.13. The molecule has 7 aromatic rings. The van der Waals surface area contributed by atoms with Crippen LogP contribution in [0.5, 0.6) is 35.0 Å². The molecule has 0 atom stereocenters. The Hall–Kier alpha value is -7.78. The van der Waals surface area contributed by atoms with Crippen molar-refractivity contribution in [1.82, 2.24) is 98.6 Å². The Morgan fingerprint density at radius 1 is 0.317 bits per heavy atom. The summed E-state index contributed by atoms with van der Waals surface area (Å²) < 4.78 is 44.4. The molecule has 0 aliphatic carbocycles. The maximum atomic E-state index is 13.3. The minimum Gasteiger partial charge on any atom is -0.495 e. The number of piperazine rings is 6. The highest BCUT2D eigenvalue weighted by atomic mass is 19.1. The van der Waals surface area contributed by atoms with Gasteiger partial charge in [-0.1, -0.05) is 18.2 Å². The molecule has 27 nitrogen and oxygen atoms in total. The molecule has 700 valence electrons. The highest BCUT2D eigenvalue weighted by Crippen LogP contribution is 2.28. The minimum atomic E-state index is -0.556. The van der Waals surface area contributed by atoms with Crippen LogP contribution in [-0.4, -0.2) is 364 Å². The fourth-order valence-corrected chi connectivity index (χ4v) is 16.7. The number of halogens is 1. The zero-order valence-electron chi connectivity index (χ0n) is 80.6. The van der Waals surface area contributed by atoms with Gasteiger partial charge >= 0.3 is 0 Å². The van der Waals surface area contributed by atoms with E-state index in [4.69, 9.17) is 28.4 Å². The molecule has 0 bridgehead atoms. The number of hydrogen-bond donors (Lipinski definition) is 1. The van der Waals surface area contributed by atoms with Crippen LogP contribution in [0.3, 0.4) is 0 Å². The van der Waals surface area contributed by atoms with Gasteiger partial charge in [0.2, 0.25) is 23.5 Å². The van der Waals surface area contributed by atoms with Gasteiger partial charge in [-0.25, -0.2) is 24.3 Å². The zero-order valence-corrected chi connectivity index (χ0v) is 80.6. The molecule has 7 aliphatic rings. The maximum absolute atomic E-state index is 13.3. The number of nitrogens with zero attached hydrogens (tertiary/aromatic N) is 20. The first kappa shape index (κ1) is 104. The molecule has 126 heavy (non-hydrogen) atoms. The minimum absolute atomic E-state index is 0.309. The molecule has 0 unspecified atom stereocenters. The smallest absolute Gasteiger partial charge is 0.217 e. The lowest BCUT2D eigenvalue weighted by Gasteiger charge is -2.39. The molecule has 14 rings (SSSR count). The van der Waals surface area contributed by atoms with Crippen molar-refractivity contribution in [3.63, 3.8) is 0 Å². The number of pyridine rings is 7. The van der Waals surface area contributed by atoms with E-state index in [0.717, 1.165) is 230 Å². The summed E-state index contributed by atoms with van der Waals surface area (Å²) >= 11 is 0. The van der Waals surface area contributed by atoms with Crippen molar-refractivity contribution in [3.8, 4) is 35.0 Å². The number of aromatic nitrogens is 7. The second-order valence-electron chi connectivity index (χ2n) is 36.0. The largest absolute Gasteiger partial charge is 0.495 e. The Balaban J connectivity index is 0.000000182. The van der Waals surface area contributed by atoms with Gasteiger partial charge in [0, 0.05) is 318 Å². The summed E-state index contributed by atoms with van der Waals surface area (Å²) in [7, 11) is 9.93. The molecule has 0 aromatic carbocycles. The SMILES string of the molecule is CC(C)N1CCC(O)(Cc2ccccn2)CC1.COc1cc(CN2CCN(C(C)C)CC2)ccn1.COc1ccc(CN2CCN(C(C)C)CC2)cn1.COc1ccc(CN2CCN(C(C)C)CC2)nc1.COc1cccnc1CN1CCN(C(C)C)CC1.COc1ncc(F)cc1CN1CCN(C(C)C)CC1.COc1ncccc1CN1CCN(C(C)C)CC1. The van der Waals surface area contributed by atoms with Crippen LogP contribution >= 0.6 is 0 Å². The average molecular weight is 1750 g/mol. The molecule has 0 saturated carbocycles. The molecule has 0 radical (unpaired) electrons. The third kappa shape index (κ3) is 36.3. The first-order chi connectivity index (χ1) is 60.6. The topological polar surface area (TPSA) is 208 Å². The van der Waals surface area contributed by atoms with E-state index in [2.05, 4.69) is 214 Å². The fourth-order valence-electron chi connectivity index (χ4n) is 16.7. The van der Waals surface area contributed by atoms with E-state index >= 15 is 0 Å². The van der Waals surface area contributed by atoms with Crippen molar-refractivity contribution >= 4 is 0 Å². The monoisotopic (exact) mass is 1750 g/mol. The number of ether oxygens (including phenoxy) is 6. The van der Waals surface area contributed by atoms with Gasteiger partial charge in [0.05, 0.1) is 72.0 Å². The summed E-state index contributed by atoms with van der Waals surface area (Å²) in [6, 6.07) is 32.0. The van der Waals surface area contributed by atoms with E-state index in [0.29, 0.717) is 72.9 Å². The van der Waals surface area contributed by atoms with Gasteiger partial charge < -0.3 is 38.4 Å². The number of likely N-dealkylation sites (tertiary alicyclic amines) is 1. The van der Waals surface area contributed by atoms with Crippen molar-refractivity contribution in [2.75, 3.05) is 213 Å². The van der Waals surface area contributed by atoms with Crippen molar-refractivity contribution in [2.24, 2.45) is 0 Å². The Morgan fingerprint density at radius 3 is 1.18 bits per heavy atom. The number of piperidine rings is 1. The van der Waals surface area contributed by atoms with Gasteiger partial charge in [-0.2, -0.15) is 0 Å².